The van der Waals surface area contributed by atoms with Gasteiger partial charge in [-0.25, -0.2) is 8.78 Å². The highest BCUT2D eigenvalue weighted by Crippen LogP contribution is 2.23. The van der Waals surface area contributed by atoms with Gasteiger partial charge in [0, 0.05) is 0 Å². The van der Waals surface area contributed by atoms with Crippen LogP contribution in [0, 0.1) is 11.6 Å². The molecule has 4 heteroatoms. The highest BCUT2D eigenvalue weighted by molar-refractivity contribution is 5.21. The van der Waals surface area contributed by atoms with Crippen LogP contribution >= 0.6 is 0 Å². The third-order valence-corrected chi connectivity index (χ3v) is 2.97. The van der Waals surface area contributed by atoms with E-state index >= 15 is 0 Å². The molecule has 0 amide bonds. The van der Waals surface area contributed by atoms with Crippen LogP contribution in [0.2, 0.25) is 0 Å². The van der Waals surface area contributed by atoms with Crippen molar-refractivity contribution in [2.24, 2.45) is 0 Å². The van der Waals surface area contributed by atoms with Gasteiger partial charge in [-0.3, -0.25) is 0 Å². The molecule has 0 saturated heterocycles. The van der Waals surface area contributed by atoms with Gasteiger partial charge in [0.1, 0.15) is 0 Å². The fourth-order valence-electron chi connectivity index (χ4n) is 1.75. The molecule has 0 aromatic heterocycles. The standard InChI is InChI=1S/C13H18F2O2/c1-3-12(16)13(17)6-8(2)9-4-5-10(14)11(15)7-9/h4-5,7-8,12-13,16-17H,3,6H2,1-2H3. The monoisotopic (exact) mass is 244 g/mol. The van der Waals surface area contributed by atoms with E-state index in [0.717, 1.165) is 12.1 Å². The van der Waals surface area contributed by atoms with Gasteiger partial charge in [-0.1, -0.05) is 19.9 Å². The van der Waals surface area contributed by atoms with Gasteiger partial charge in [-0.15, -0.1) is 0 Å². The first-order valence-corrected chi connectivity index (χ1v) is 5.76. The van der Waals surface area contributed by atoms with Crippen molar-refractivity contribution in [1.82, 2.24) is 0 Å². The van der Waals surface area contributed by atoms with Crippen molar-refractivity contribution < 1.29 is 19.0 Å². The molecule has 0 aliphatic carbocycles. The number of hydrogen-bond donors (Lipinski definition) is 2. The molecule has 0 aliphatic heterocycles. The van der Waals surface area contributed by atoms with Crippen LogP contribution in [-0.2, 0) is 0 Å². The summed E-state index contributed by atoms with van der Waals surface area (Å²) in [5.74, 6) is -1.91. The zero-order valence-corrected chi connectivity index (χ0v) is 10.0. The molecule has 3 unspecified atom stereocenters. The van der Waals surface area contributed by atoms with Crippen molar-refractivity contribution in [3.63, 3.8) is 0 Å². The number of benzene rings is 1. The molecule has 3 atom stereocenters. The van der Waals surface area contributed by atoms with Crippen LogP contribution in [-0.4, -0.2) is 22.4 Å². The smallest absolute Gasteiger partial charge is 0.159 e. The van der Waals surface area contributed by atoms with Gasteiger partial charge >= 0.3 is 0 Å². The van der Waals surface area contributed by atoms with Gasteiger partial charge in [0.2, 0.25) is 0 Å². The minimum Gasteiger partial charge on any atom is -0.390 e. The lowest BCUT2D eigenvalue weighted by Crippen LogP contribution is -2.26. The molecule has 1 aromatic carbocycles. The summed E-state index contributed by atoms with van der Waals surface area (Å²) in [4.78, 5) is 0. The van der Waals surface area contributed by atoms with E-state index in [1.54, 1.807) is 13.8 Å². The Labute approximate surface area is 99.9 Å². The Bertz CT molecular complexity index is 368. The highest BCUT2D eigenvalue weighted by Gasteiger charge is 2.19. The lowest BCUT2D eigenvalue weighted by Gasteiger charge is -2.20. The summed E-state index contributed by atoms with van der Waals surface area (Å²) < 4.78 is 25.8. The van der Waals surface area contributed by atoms with Gasteiger partial charge < -0.3 is 10.2 Å². The van der Waals surface area contributed by atoms with E-state index in [-0.39, 0.29) is 5.92 Å². The molecule has 0 radical (unpaired) electrons. The van der Waals surface area contributed by atoms with Gasteiger partial charge in [0.15, 0.2) is 11.6 Å². The minimum atomic E-state index is -0.889. The van der Waals surface area contributed by atoms with E-state index < -0.39 is 23.8 Å². The van der Waals surface area contributed by atoms with Crippen molar-refractivity contribution in [3.05, 3.63) is 35.4 Å². The molecule has 0 spiro atoms. The number of hydrogen-bond acceptors (Lipinski definition) is 2. The van der Waals surface area contributed by atoms with Gasteiger partial charge in [-0.05, 0) is 36.5 Å². The van der Waals surface area contributed by atoms with Crippen molar-refractivity contribution in [1.29, 1.82) is 0 Å². The summed E-state index contributed by atoms with van der Waals surface area (Å²) in [6.07, 6.45) is -0.836. The predicted octanol–water partition coefficient (Wildman–Crippen LogP) is 2.59. The second kappa shape index (κ2) is 6.07. The largest absolute Gasteiger partial charge is 0.390 e. The maximum Gasteiger partial charge on any atom is 0.159 e. The summed E-state index contributed by atoms with van der Waals surface area (Å²) in [5, 5.41) is 19.1. The van der Waals surface area contributed by atoms with Crippen molar-refractivity contribution >= 4 is 0 Å². The molecule has 1 aromatic rings. The Kier molecular flexibility index (Phi) is 5.02. The Hall–Kier alpha value is -1.00. The fraction of sp³-hybridized carbons (Fsp3) is 0.538. The van der Waals surface area contributed by atoms with E-state index in [1.807, 2.05) is 0 Å². The molecule has 0 bridgehead atoms. The van der Waals surface area contributed by atoms with Crippen LogP contribution in [0.25, 0.3) is 0 Å². The number of aliphatic hydroxyl groups is 2. The van der Waals surface area contributed by atoms with Crippen LogP contribution in [0.4, 0.5) is 8.78 Å². The van der Waals surface area contributed by atoms with Crippen molar-refractivity contribution in [2.45, 2.75) is 44.8 Å². The molecule has 0 heterocycles. The Morgan fingerprint density at radius 1 is 1.12 bits per heavy atom. The van der Waals surface area contributed by atoms with Crippen LogP contribution in [0.15, 0.2) is 18.2 Å². The first-order valence-electron chi connectivity index (χ1n) is 5.76. The molecule has 2 N–H and O–H groups in total. The lowest BCUT2D eigenvalue weighted by atomic mass is 9.92. The Morgan fingerprint density at radius 3 is 2.29 bits per heavy atom. The zero-order valence-electron chi connectivity index (χ0n) is 10.0. The Morgan fingerprint density at radius 2 is 1.76 bits per heavy atom. The Balaban J connectivity index is 2.69. The van der Waals surface area contributed by atoms with Crippen LogP contribution < -0.4 is 0 Å². The first kappa shape index (κ1) is 14.1. The van der Waals surface area contributed by atoms with E-state index in [4.69, 9.17) is 0 Å². The lowest BCUT2D eigenvalue weighted by molar-refractivity contribution is 0.00952. The summed E-state index contributed by atoms with van der Waals surface area (Å²) in [5.41, 5.74) is 0.617. The molecular formula is C13H18F2O2. The molecule has 1 rings (SSSR count). The SMILES string of the molecule is CCC(O)C(O)CC(C)c1ccc(F)c(F)c1. The van der Waals surface area contributed by atoms with E-state index in [2.05, 4.69) is 0 Å². The van der Waals surface area contributed by atoms with Gasteiger partial charge in [0.05, 0.1) is 12.2 Å². The molecule has 2 nitrogen and oxygen atoms in total. The van der Waals surface area contributed by atoms with Crippen LogP contribution in [0.3, 0.4) is 0 Å². The number of aliphatic hydroxyl groups excluding tert-OH is 2. The maximum absolute atomic E-state index is 13.0. The van der Waals surface area contributed by atoms with Gasteiger partial charge in [-0.2, -0.15) is 0 Å². The predicted molar refractivity (Wildman–Crippen MR) is 61.7 cm³/mol. The normalized spacial score (nSPS) is 16.6. The van der Waals surface area contributed by atoms with Gasteiger partial charge in [0.25, 0.3) is 0 Å². The van der Waals surface area contributed by atoms with Crippen LogP contribution in [0.5, 0.6) is 0 Å². The second-order valence-corrected chi connectivity index (χ2v) is 4.35. The molecule has 96 valence electrons. The van der Waals surface area contributed by atoms with E-state index in [0.29, 0.717) is 18.4 Å². The second-order valence-electron chi connectivity index (χ2n) is 4.35. The van der Waals surface area contributed by atoms with Crippen LogP contribution in [0.1, 0.15) is 38.2 Å². The minimum absolute atomic E-state index is 0.138. The molecular weight excluding hydrogens is 226 g/mol. The average Bonchev–Trinajstić information content (AvgIpc) is 2.31. The molecule has 0 aliphatic rings. The third kappa shape index (κ3) is 3.75. The fourth-order valence-corrected chi connectivity index (χ4v) is 1.75. The quantitative estimate of drug-likeness (QED) is 0.835. The summed E-state index contributed by atoms with van der Waals surface area (Å²) in [6.45, 7) is 3.58. The maximum atomic E-state index is 13.0. The molecule has 0 saturated carbocycles. The molecule has 17 heavy (non-hydrogen) atoms. The summed E-state index contributed by atoms with van der Waals surface area (Å²) in [7, 11) is 0. The zero-order chi connectivity index (χ0) is 13.0. The first-order chi connectivity index (χ1) is 7.95. The van der Waals surface area contributed by atoms with E-state index in [1.165, 1.54) is 6.07 Å². The number of halogens is 2. The third-order valence-electron chi connectivity index (χ3n) is 2.97. The topological polar surface area (TPSA) is 40.5 Å². The highest BCUT2D eigenvalue weighted by atomic mass is 19.2. The summed E-state index contributed by atoms with van der Waals surface area (Å²) in [6, 6.07) is 3.70. The molecule has 0 fully saturated rings. The number of rotatable bonds is 5. The van der Waals surface area contributed by atoms with Crippen molar-refractivity contribution in [3.8, 4) is 0 Å². The summed E-state index contributed by atoms with van der Waals surface area (Å²) >= 11 is 0. The van der Waals surface area contributed by atoms with E-state index in [9.17, 15) is 19.0 Å². The van der Waals surface area contributed by atoms with Crippen molar-refractivity contribution in [2.75, 3.05) is 0 Å². The average molecular weight is 244 g/mol.